The van der Waals surface area contributed by atoms with Gasteiger partial charge in [-0.2, -0.15) is 0 Å². The second kappa shape index (κ2) is 5.69. The van der Waals surface area contributed by atoms with E-state index >= 15 is 0 Å². The Morgan fingerprint density at radius 3 is 2.65 bits per heavy atom. The van der Waals surface area contributed by atoms with E-state index in [1.165, 1.54) is 22.3 Å². The number of benzene rings is 2. The van der Waals surface area contributed by atoms with Gasteiger partial charge >= 0.3 is 0 Å². The fraction of sp³-hybridized carbons (Fsp3) is 0.286. The van der Waals surface area contributed by atoms with Gasteiger partial charge in [-0.3, -0.25) is 4.79 Å². The molecule has 0 saturated heterocycles. The van der Waals surface area contributed by atoms with Crippen molar-refractivity contribution in [2.75, 3.05) is 7.11 Å². The van der Waals surface area contributed by atoms with Gasteiger partial charge in [0.05, 0.1) is 7.11 Å². The zero-order chi connectivity index (χ0) is 15.8. The molecule has 23 heavy (non-hydrogen) atoms. The van der Waals surface area contributed by atoms with E-state index in [9.17, 15) is 4.79 Å². The fourth-order valence-electron chi connectivity index (χ4n) is 4.10. The normalized spacial score (nSPS) is 22.8. The molecule has 2 atom stereocenters. The quantitative estimate of drug-likeness (QED) is 0.822. The number of hydrogen-bond acceptors (Lipinski definition) is 2. The number of carbonyl (C=O) groups excluding carboxylic acids is 1. The lowest BCUT2D eigenvalue weighted by Crippen LogP contribution is -2.26. The Kier molecular flexibility index (Phi) is 3.53. The van der Waals surface area contributed by atoms with E-state index in [-0.39, 0.29) is 5.78 Å². The molecule has 0 saturated carbocycles. The lowest BCUT2D eigenvalue weighted by atomic mass is 9.67. The molecule has 2 heteroatoms. The van der Waals surface area contributed by atoms with Crippen LogP contribution in [-0.4, -0.2) is 12.9 Å². The van der Waals surface area contributed by atoms with Gasteiger partial charge in [-0.25, -0.2) is 0 Å². The average Bonchev–Trinajstić information content (AvgIpc) is 2.61. The molecule has 4 rings (SSSR count). The zero-order valence-corrected chi connectivity index (χ0v) is 13.3. The minimum Gasteiger partial charge on any atom is -0.497 e. The molecule has 0 N–H and O–H groups in total. The van der Waals surface area contributed by atoms with Crippen molar-refractivity contribution in [3.05, 3.63) is 71.3 Å². The van der Waals surface area contributed by atoms with Crippen LogP contribution in [0.25, 0.3) is 5.57 Å². The number of aryl methyl sites for hydroxylation is 1. The van der Waals surface area contributed by atoms with E-state index < -0.39 is 0 Å². The first-order valence-corrected chi connectivity index (χ1v) is 8.23. The Labute approximate surface area is 136 Å². The second-order valence-corrected chi connectivity index (χ2v) is 6.46. The maximum atomic E-state index is 12.3. The molecule has 0 amide bonds. The molecular formula is C21H20O2. The third kappa shape index (κ3) is 2.48. The van der Waals surface area contributed by atoms with Crippen LogP contribution in [-0.2, 0) is 11.2 Å². The van der Waals surface area contributed by atoms with Gasteiger partial charge in [-0.05, 0) is 65.1 Å². The number of fused-ring (bicyclic) bond motifs is 3. The van der Waals surface area contributed by atoms with Gasteiger partial charge in [0.2, 0.25) is 0 Å². The summed E-state index contributed by atoms with van der Waals surface area (Å²) >= 11 is 0. The summed E-state index contributed by atoms with van der Waals surface area (Å²) in [5.74, 6) is 1.88. The molecule has 0 spiro atoms. The van der Waals surface area contributed by atoms with Gasteiger partial charge in [0, 0.05) is 6.42 Å². The van der Waals surface area contributed by atoms with Crippen LogP contribution < -0.4 is 4.74 Å². The molecular weight excluding hydrogens is 284 g/mol. The smallest absolute Gasteiger partial charge is 0.156 e. The Balaban J connectivity index is 1.77. The predicted octanol–water partition coefficient (Wildman–Crippen LogP) is 4.40. The van der Waals surface area contributed by atoms with Crippen molar-refractivity contribution in [3.63, 3.8) is 0 Å². The maximum absolute atomic E-state index is 12.3. The molecule has 0 unspecified atom stereocenters. The molecule has 2 aromatic carbocycles. The van der Waals surface area contributed by atoms with Crippen molar-refractivity contribution >= 4 is 11.4 Å². The molecule has 0 radical (unpaired) electrons. The zero-order valence-electron chi connectivity index (χ0n) is 13.3. The highest BCUT2D eigenvalue weighted by Crippen LogP contribution is 2.47. The van der Waals surface area contributed by atoms with Crippen molar-refractivity contribution in [1.82, 2.24) is 0 Å². The number of carbonyl (C=O) groups is 1. The molecule has 116 valence electrons. The van der Waals surface area contributed by atoms with Crippen LogP contribution in [0.15, 0.2) is 54.6 Å². The van der Waals surface area contributed by atoms with E-state index in [1.54, 1.807) is 7.11 Å². The van der Waals surface area contributed by atoms with E-state index in [0.29, 0.717) is 18.3 Å². The van der Waals surface area contributed by atoms with E-state index in [2.05, 4.69) is 36.4 Å². The molecule has 0 aliphatic heterocycles. The van der Waals surface area contributed by atoms with Crippen LogP contribution in [0, 0.1) is 5.92 Å². The summed E-state index contributed by atoms with van der Waals surface area (Å²) in [5.41, 5.74) is 5.04. The largest absolute Gasteiger partial charge is 0.497 e. The van der Waals surface area contributed by atoms with Crippen molar-refractivity contribution in [1.29, 1.82) is 0 Å². The van der Waals surface area contributed by atoms with Crippen LogP contribution in [0.3, 0.4) is 0 Å². The molecule has 0 bridgehead atoms. The SMILES string of the molecule is COc1ccc2c(c1)CC[C@@H]1C2=CC(=O)C[C@H]1c1ccccc1. The first-order valence-electron chi connectivity index (χ1n) is 8.23. The number of methoxy groups -OCH3 is 1. The summed E-state index contributed by atoms with van der Waals surface area (Å²) in [6.07, 6.45) is 4.66. The summed E-state index contributed by atoms with van der Waals surface area (Å²) in [5, 5.41) is 0. The van der Waals surface area contributed by atoms with E-state index in [4.69, 9.17) is 4.74 Å². The van der Waals surface area contributed by atoms with E-state index in [0.717, 1.165) is 18.6 Å². The molecule has 2 nitrogen and oxygen atoms in total. The highest BCUT2D eigenvalue weighted by atomic mass is 16.5. The van der Waals surface area contributed by atoms with Gasteiger partial charge in [0.15, 0.2) is 5.78 Å². The maximum Gasteiger partial charge on any atom is 0.156 e. The molecule has 0 fully saturated rings. The second-order valence-electron chi connectivity index (χ2n) is 6.46. The van der Waals surface area contributed by atoms with Gasteiger partial charge in [-0.15, -0.1) is 0 Å². The van der Waals surface area contributed by atoms with Crippen molar-refractivity contribution in [2.45, 2.75) is 25.2 Å². The fourth-order valence-corrected chi connectivity index (χ4v) is 4.10. The van der Waals surface area contributed by atoms with Crippen molar-refractivity contribution in [2.24, 2.45) is 5.92 Å². The standard InChI is InChI=1S/C21H20O2/c1-23-17-8-10-18-15(11-17)7-9-19-20(12-16(22)13-21(18)19)14-5-3-2-4-6-14/h2-6,8,10-11,13,19-20H,7,9,12H2,1H3/t19-,20-/m0/s1. The predicted molar refractivity (Wildman–Crippen MR) is 91.6 cm³/mol. The van der Waals surface area contributed by atoms with Crippen molar-refractivity contribution < 1.29 is 9.53 Å². The Morgan fingerprint density at radius 2 is 1.87 bits per heavy atom. The minimum absolute atomic E-state index is 0.244. The monoisotopic (exact) mass is 304 g/mol. The molecule has 0 heterocycles. The summed E-state index contributed by atoms with van der Waals surface area (Å²) < 4.78 is 5.34. The lowest BCUT2D eigenvalue weighted by Gasteiger charge is -2.37. The van der Waals surface area contributed by atoms with Crippen molar-refractivity contribution in [3.8, 4) is 5.75 Å². The van der Waals surface area contributed by atoms with Crippen LogP contribution in [0.2, 0.25) is 0 Å². The van der Waals surface area contributed by atoms with E-state index in [1.807, 2.05) is 18.2 Å². The molecule has 2 aromatic rings. The van der Waals surface area contributed by atoms with Crippen LogP contribution in [0.1, 0.15) is 35.4 Å². The number of ether oxygens (including phenoxy) is 1. The Hall–Kier alpha value is -2.35. The molecule has 0 aromatic heterocycles. The first-order chi connectivity index (χ1) is 11.3. The van der Waals surface area contributed by atoms with Gasteiger partial charge in [0.1, 0.15) is 5.75 Å². The minimum atomic E-state index is 0.244. The number of rotatable bonds is 2. The summed E-state index contributed by atoms with van der Waals surface area (Å²) in [6.45, 7) is 0. The third-order valence-electron chi connectivity index (χ3n) is 5.20. The summed E-state index contributed by atoms with van der Waals surface area (Å²) in [4.78, 5) is 12.3. The number of hydrogen-bond donors (Lipinski definition) is 0. The highest BCUT2D eigenvalue weighted by Gasteiger charge is 2.36. The average molecular weight is 304 g/mol. The first kappa shape index (κ1) is 14.3. The Morgan fingerprint density at radius 1 is 1.04 bits per heavy atom. The molecule has 2 aliphatic carbocycles. The Bertz CT molecular complexity index is 774. The van der Waals surface area contributed by atoms with Crippen LogP contribution in [0.4, 0.5) is 0 Å². The van der Waals surface area contributed by atoms with Gasteiger partial charge in [0.25, 0.3) is 0 Å². The lowest BCUT2D eigenvalue weighted by molar-refractivity contribution is -0.115. The number of ketones is 1. The van der Waals surface area contributed by atoms with Gasteiger partial charge in [-0.1, -0.05) is 36.4 Å². The van der Waals surface area contributed by atoms with Gasteiger partial charge < -0.3 is 4.74 Å². The molecule has 2 aliphatic rings. The van der Waals surface area contributed by atoms with Crippen LogP contribution in [0.5, 0.6) is 5.75 Å². The highest BCUT2D eigenvalue weighted by molar-refractivity contribution is 6.00. The number of allylic oxidation sites excluding steroid dienone is 2. The summed E-state index contributed by atoms with van der Waals surface area (Å²) in [6, 6.07) is 16.7. The topological polar surface area (TPSA) is 26.3 Å². The summed E-state index contributed by atoms with van der Waals surface area (Å²) in [7, 11) is 1.70. The third-order valence-corrected chi connectivity index (χ3v) is 5.20. The van der Waals surface area contributed by atoms with Crippen LogP contribution >= 0.6 is 0 Å².